The molecule has 0 fully saturated rings. The van der Waals surface area contributed by atoms with Crippen LogP contribution in [-0.4, -0.2) is 63.5 Å². The van der Waals surface area contributed by atoms with Crippen molar-refractivity contribution in [3.05, 3.63) is 37.0 Å². The summed E-state index contributed by atoms with van der Waals surface area (Å²) in [7, 11) is 7.24. The van der Waals surface area contributed by atoms with E-state index in [1.807, 2.05) is 28.1 Å². The summed E-state index contributed by atoms with van der Waals surface area (Å²) in [6.07, 6.45) is 0.998. The van der Waals surface area contributed by atoms with Crippen LogP contribution in [0.25, 0.3) is 0 Å². The topological polar surface area (TPSA) is 78.9 Å². The molecule has 0 aliphatic carbocycles. The SMILES string of the molecule is C=C(C)C(=O)OC.C=C(C)C(=O)OC(C)[N+](C)(C)C.C=CC(=O)OCC. The normalized spacial score (nSPS) is 10.5. The van der Waals surface area contributed by atoms with Gasteiger partial charge in [-0.05, 0) is 20.8 Å². The van der Waals surface area contributed by atoms with Crippen LogP contribution in [0.15, 0.2) is 37.0 Å². The van der Waals surface area contributed by atoms with Crippen LogP contribution in [0.3, 0.4) is 0 Å². The van der Waals surface area contributed by atoms with E-state index in [1.165, 1.54) is 7.11 Å². The number of carbonyl (C=O) groups excluding carboxylic acids is 3. The van der Waals surface area contributed by atoms with Gasteiger partial charge in [-0.25, -0.2) is 14.4 Å². The highest BCUT2D eigenvalue weighted by atomic mass is 16.6. The number of nitrogens with zero attached hydrogens (tertiary/aromatic N) is 1. The number of esters is 3. The maximum absolute atomic E-state index is 11.1. The van der Waals surface area contributed by atoms with E-state index in [0.29, 0.717) is 22.2 Å². The van der Waals surface area contributed by atoms with Gasteiger partial charge in [0, 0.05) is 24.1 Å². The lowest BCUT2D eigenvalue weighted by Crippen LogP contribution is -2.45. The van der Waals surface area contributed by atoms with Crippen LogP contribution in [0, 0.1) is 0 Å². The molecular formula is C19H34NO6+. The third-order valence-electron chi connectivity index (χ3n) is 2.70. The molecule has 0 radical (unpaired) electrons. The fourth-order valence-corrected chi connectivity index (χ4v) is 0.789. The van der Waals surface area contributed by atoms with E-state index in [4.69, 9.17) is 4.74 Å². The summed E-state index contributed by atoms with van der Waals surface area (Å²) in [6, 6.07) is 0. The molecule has 0 saturated carbocycles. The van der Waals surface area contributed by atoms with Crippen molar-refractivity contribution in [2.24, 2.45) is 0 Å². The first kappa shape index (κ1) is 28.4. The predicted molar refractivity (Wildman–Crippen MR) is 102 cm³/mol. The van der Waals surface area contributed by atoms with Gasteiger partial charge in [-0.1, -0.05) is 19.7 Å². The molecule has 26 heavy (non-hydrogen) atoms. The van der Waals surface area contributed by atoms with Crippen LogP contribution in [-0.2, 0) is 28.6 Å². The third kappa shape index (κ3) is 17.9. The van der Waals surface area contributed by atoms with Crippen molar-refractivity contribution >= 4 is 17.9 Å². The van der Waals surface area contributed by atoms with E-state index in [2.05, 4.69) is 29.2 Å². The van der Waals surface area contributed by atoms with Gasteiger partial charge in [-0.15, -0.1) is 0 Å². The second-order valence-corrected chi connectivity index (χ2v) is 6.13. The Morgan fingerprint density at radius 1 is 1.04 bits per heavy atom. The van der Waals surface area contributed by atoms with Crippen LogP contribution >= 0.6 is 0 Å². The fourth-order valence-electron chi connectivity index (χ4n) is 0.789. The van der Waals surface area contributed by atoms with E-state index in [9.17, 15) is 14.4 Å². The molecule has 0 spiro atoms. The zero-order valence-electron chi connectivity index (χ0n) is 17.4. The average Bonchev–Trinajstić information content (AvgIpc) is 2.54. The van der Waals surface area contributed by atoms with E-state index in [-0.39, 0.29) is 24.1 Å². The Hall–Kier alpha value is -2.41. The molecule has 0 N–H and O–H groups in total. The molecule has 0 heterocycles. The van der Waals surface area contributed by atoms with Crippen LogP contribution in [0.4, 0.5) is 0 Å². The van der Waals surface area contributed by atoms with E-state index in [1.54, 1.807) is 20.8 Å². The van der Waals surface area contributed by atoms with Gasteiger partial charge in [-0.2, -0.15) is 0 Å². The molecule has 0 aromatic heterocycles. The van der Waals surface area contributed by atoms with Gasteiger partial charge < -0.3 is 14.2 Å². The second-order valence-electron chi connectivity index (χ2n) is 6.13. The number of ether oxygens (including phenoxy) is 3. The van der Waals surface area contributed by atoms with Gasteiger partial charge in [0.1, 0.15) is 0 Å². The number of carbonyl (C=O) groups is 3. The van der Waals surface area contributed by atoms with Crippen molar-refractivity contribution in [3.8, 4) is 0 Å². The van der Waals surface area contributed by atoms with Crippen molar-refractivity contribution < 1.29 is 33.1 Å². The number of rotatable bonds is 6. The second kappa shape index (κ2) is 14.9. The monoisotopic (exact) mass is 372 g/mol. The number of quaternary nitrogens is 1. The van der Waals surface area contributed by atoms with E-state index in [0.717, 1.165) is 6.08 Å². The molecule has 7 heteroatoms. The fraction of sp³-hybridized carbons (Fsp3) is 0.526. The highest BCUT2D eigenvalue weighted by Gasteiger charge is 2.22. The standard InChI is InChI=1S/C9H18NO2.2C5H8O2/c1-7(2)9(11)12-8(3)10(4,5)6;1-4(2)5(6)7-3;1-3-5(6)7-4-2/h8H,1H2,2-6H3;1H2,2-3H3;3H,1,4H2,2H3/q+1;;. The Kier molecular flexibility index (Phi) is 16.3. The maximum atomic E-state index is 11.1. The van der Waals surface area contributed by atoms with Crippen molar-refractivity contribution in [1.29, 1.82) is 0 Å². The largest absolute Gasteiger partial charge is 0.466 e. The third-order valence-corrected chi connectivity index (χ3v) is 2.70. The Morgan fingerprint density at radius 3 is 1.62 bits per heavy atom. The van der Waals surface area contributed by atoms with Gasteiger partial charge in [0.05, 0.1) is 34.9 Å². The van der Waals surface area contributed by atoms with Crippen LogP contribution in [0.2, 0.25) is 0 Å². The highest BCUT2D eigenvalue weighted by Crippen LogP contribution is 2.06. The summed E-state index contributed by atoms with van der Waals surface area (Å²) in [5, 5.41) is 0. The number of methoxy groups -OCH3 is 1. The minimum atomic E-state index is -0.359. The van der Waals surface area contributed by atoms with E-state index >= 15 is 0 Å². The number of hydrogen-bond donors (Lipinski definition) is 0. The Balaban J connectivity index is -0.000000326. The molecule has 0 aliphatic rings. The predicted octanol–water partition coefficient (Wildman–Crippen LogP) is 2.63. The first-order valence-electron chi connectivity index (χ1n) is 7.95. The molecule has 0 rings (SSSR count). The van der Waals surface area contributed by atoms with Crippen molar-refractivity contribution in [2.75, 3.05) is 34.9 Å². The zero-order chi connectivity index (χ0) is 21.5. The lowest BCUT2D eigenvalue weighted by atomic mass is 10.3. The summed E-state index contributed by atoms with van der Waals surface area (Å²) < 4.78 is 14.4. The van der Waals surface area contributed by atoms with E-state index < -0.39 is 0 Å². The van der Waals surface area contributed by atoms with Crippen LogP contribution in [0.1, 0.15) is 27.7 Å². The molecule has 0 bridgehead atoms. The van der Waals surface area contributed by atoms with Gasteiger partial charge in [0.15, 0.2) is 0 Å². The average molecular weight is 372 g/mol. The molecule has 0 amide bonds. The van der Waals surface area contributed by atoms with Crippen molar-refractivity contribution in [3.63, 3.8) is 0 Å². The van der Waals surface area contributed by atoms with Crippen LogP contribution in [0.5, 0.6) is 0 Å². The minimum Gasteiger partial charge on any atom is -0.466 e. The quantitative estimate of drug-likeness (QED) is 0.234. The molecule has 0 aromatic carbocycles. The molecule has 1 atom stereocenters. The smallest absolute Gasteiger partial charge is 0.337 e. The molecular weight excluding hydrogens is 338 g/mol. The van der Waals surface area contributed by atoms with Gasteiger partial charge in [0.25, 0.3) is 0 Å². The van der Waals surface area contributed by atoms with Gasteiger partial charge in [-0.3, -0.25) is 4.48 Å². The summed E-state index contributed by atoms with van der Waals surface area (Å²) >= 11 is 0. The van der Waals surface area contributed by atoms with Crippen molar-refractivity contribution in [1.82, 2.24) is 0 Å². The van der Waals surface area contributed by atoms with Gasteiger partial charge in [0.2, 0.25) is 6.23 Å². The Labute approximate surface area is 157 Å². The number of hydrogen-bond acceptors (Lipinski definition) is 6. The molecule has 1 unspecified atom stereocenters. The first-order valence-corrected chi connectivity index (χ1v) is 7.95. The van der Waals surface area contributed by atoms with Crippen molar-refractivity contribution in [2.45, 2.75) is 33.9 Å². The lowest BCUT2D eigenvalue weighted by Gasteiger charge is -2.30. The minimum absolute atomic E-state index is 0.144. The summed E-state index contributed by atoms with van der Waals surface area (Å²) in [5.74, 6) is -1.03. The molecule has 0 aromatic rings. The lowest BCUT2D eigenvalue weighted by molar-refractivity contribution is -0.914. The molecule has 7 nitrogen and oxygen atoms in total. The molecule has 0 saturated heterocycles. The Morgan fingerprint density at radius 2 is 1.46 bits per heavy atom. The Bertz CT molecular complexity index is 501. The van der Waals surface area contributed by atoms with Gasteiger partial charge >= 0.3 is 17.9 Å². The summed E-state index contributed by atoms with van der Waals surface area (Å²) in [5.41, 5.74) is 0.873. The summed E-state index contributed by atoms with van der Waals surface area (Å²) in [4.78, 5) is 31.3. The maximum Gasteiger partial charge on any atom is 0.337 e. The molecule has 0 aliphatic heterocycles. The summed E-state index contributed by atoms with van der Waals surface area (Å²) in [6.45, 7) is 17.3. The van der Waals surface area contributed by atoms with Crippen LogP contribution < -0.4 is 0 Å². The highest BCUT2D eigenvalue weighted by molar-refractivity contribution is 5.87. The first-order chi connectivity index (χ1) is 11.7. The zero-order valence-corrected chi connectivity index (χ0v) is 17.4. The molecule has 150 valence electrons.